The maximum Gasteiger partial charge on any atom is 0.246 e. The lowest BCUT2D eigenvalue weighted by Crippen LogP contribution is -2.49. The van der Waals surface area contributed by atoms with Gasteiger partial charge in [-0.15, -0.1) is 0 Å². The summed E-state index contributed by atoms with van der Waals surface area (Å²) in [5, 5.41) is 18.2. The summed E-state index contributed by atoms with van der Waals surface area (Å²) >= 11 is 0. The maximum absolute atomic E-state index is 12.5. The number of nitrogens with zero attached hydrogens (tertiary/aromatic N) is 4. The minimum Gasteiger partial charge on any atom is -0.497 e. The Morgan fingerprint density at radius 1 is 1.03 bits per heavy atom. The second-order valence-corrected chi connectivity index (χ2v) is 7.02. The SMILES string of the molecule is COc1ccc(C(C#N)N2CCN(C(=O)/C=C/c3ccc(OCC#N)cc3)CC2)cc1. The molecule has 0 N–H and O–H groups in total. The molecule has 31 heavy (non-hydrogen) atoms. The van der Waals surface area contributed by atoms with Crippen LogP contribution >= 0.6 is 0 Å². The van der Waals surface area contributed by atoms with Crippen LogP contribution in [0.4, 0.5) is 0 Å². The minimum absolute atomic E-state index is 0.00474. The summed E-state index contributed by atoms with van der Waals surface area (Å²) in [6.45, 7) is 2.41. The number of benzene rings is 2. The molecule has 1 saturated heterocycles. The fourth-order valence-corrected chi connectivity index (χ4v) is 3.42. The summed E-state index contributed by atoms with van der Waals surface area (Å²) in [5.74, 6) is 1.32. The minimum atomic E-state index is -0.347. The molecular weight excluding hydrogens is 392 g/mol. The molecule has 2 aromatic carbocycles. The van der Waals surface area contributed by atoms with Gasteiger partial charge in [0, 0.05) is 32.3 Å². The van der Waals surface area contributed by atoms with E-state index >= 15 is 0 Å². The topological polar surface area (TPSA) is 89.6 Å². The Labute approximate surface area is 182 Å². The molecule has 1 atom stereocenters. The van der Waals surface area contributed by atoms with Crippen LogP contribution in [0.15, 0.2) is 54.6 Å². The molecule has 1 fully saturated rings. The van der Waals surface area contributed by atoms with Crippen molar-refractivity contribution in [3.63, 3.8) is 0 Å². The zero-order valence-electron chi connectivity index (χ0n) is 17.4. The fourth-order valence-electron chi connectivity index (χ4n) is 3.42. The van der Waals surface area contributed by atoms with Crippen LogP contribution in [0.1, 0.15) is 17.2 Å². The molecule has 7 nitrogen and oxygen atoms in total. The van der Waals surface area contributed by atoms with Crippen molar-refractivity contribution < 1.29 is 14.3 Å². The van der Waals surface area contributed by atoms with E-state index < -0.39 is 0 Å². The molecule has 0 aliphatic carbocycles. The molecule has 1 heterocycles. The molecule has 1 aliphatic rings. The number of nitriles is 2. The standard InChI is InChI=1S/C24H24N4O3/c1-30-21-9-5-20(6-10-21)23(18-26)27-13-15-28(16-14-27)24(29)11-4-19-2-7-22(8-3-19)31-17-12-25/h2-11,23H,13-17H2,1H3/b11-4+. The van der Waals surface area contributed by atoms with E-state index in [0.29, 0.717) is 31.9 Å². The number of carbonyl (C=O) groups is 1. The van der Waals surface area contributed by atoms with Crippen molar-refractivity contribution in [2.75, 3.05) is 39.9 Å². The van der Waals surface area contributed by atoms with Gasteiger partial charge in [0.15, 0.2) is 6.61 Å². The lowest BCUT2D eigenvalue weighted by atomic mass is 10.1. The number of piperazine rings is 1. The van der Waals surface area contributed by atoms with E-state index in [1.54, 1.807) is 36.3 Å². The molecule has 1 aliphatic heterocycles. The van der Waals surface area contributed by atoms with Crippen LogP contribution in [0.5, 0.6) is 11.5 Å². The number of hydrogen-bond acceptors (Lipinski definition) is 6. The first-order valence-corrected chi connectivity index (χ1v) is 9.99. The van der Waals surface area contributed by atoms with E-state index in [1.807, 2.05) is 42.5 Å². The van der Waals surface area contributed by atoms with Crippen molar-refractivity contribution in [3.05, 3.63) is 65.7 Å². The van der Waals surface area contributed by atoms with E-state index in [9.17, 15) is 10.1 Å². The lowest BCUT2D eigenvalue weighted by Gasteiger charge is -2.36. The third-order valence-electron chi connectivity index (χ3n) is 5.15. The van der Waals surface area contributed by atoms with Gasteiger partial charge in [-0.1, -0.05) is 24.3 Å². The van der Waals surface area contributed by atoms with Crippen LogP contribution in [0.2, 0.25) is 0 Å². The summed E-state index contributed by atoms with van der Waals surface area (Å²) in [7, 11) is 1.61. The predicted molar refractivity (Wildman–Crippen MR) is 116 cm³/mol. The van der Waals surface area contributed by atoms with Crippen molar-refractivity contribution in [1.82, 2.24) is 9.80 Å². The first kappa shape index (κ1) is 21.9. The molecule has 0 aromatic heterocycles. The second-order valence-electron chi connectivity index (χ2n) is 7.02. The molecule has 0 saturated carbocycles. The number of amides is 1. The molecule has 0 radical (unpaired) electrons. The van der Waals surface area contributed by atoms with E-state index in [1.165, 1.54) is 0 Å². The first-order chi connectivity index (χ1) is 15.1. The van der Waals surface area contributed by atoms with E-state index in [4.69, 9.17) is 14.7 Å². The van der Waals surface area contributed by atoms with Crippen molar-refractivity contribution in [1.29, 1.82) is 10.5 Å². The Hall–Kier alpha value is -3.81. The molecule has 1 amide bonds. The second kappa shape index (κ2) is 10.8. The first-order valence-electron chi connectivity index (χ1n) is 9.99. The Morgan fingerprint density at radius 2 is 1.68 bits per heavy atom. The van der Waals surface area contributed by atoms with E-state index in [0.717, 1.165) is 16.9 Å². The number of hydrogen-bond donors (Lipinski definition) is 0. The predicted octanol–water partition coefficient (Wildman–Crippen LogP) is 3.02. The van der Waals surface area contributed by atoms with Crippen LogP contribution < -0.4 is 9.47 Å². The normalized spacial score (nSPS) is 15.1. The maximum atomic E-state index is 12.5. The highest BCUT2D eigenvalue weighted by atomic mass is 16.5. The Morgan fingerprint density at radius 3 is 2.26 bits per heavy atom. The Bertz CT molecular complexity index is 979. The molecule has 0 bridgehead atoms. The van der Waals surface area contributed by atoms with E-state index in [-0.39, 0.29) is 18.6 Å². The summed E-state index contributed by atoms with van der Waals surface area (Å²) < 4.78 is 10.4. The zero-order chi connectivity index (χ0) is 22.1. The molecule has 158 valence electrons. The smallest absolute Gasteiger partial charge is 0.246 e. The van der Waals surface area contributed by atoms with Crippen molar-refractivity contribution in [2.24, 2.45) is 0 Å². The number of methoxy groups -OCH3 is 1. The highest BCUT2D eigenvalue weighted by molar-refractivity contribution is 5.91. The van der Waals surface area contributed by atoms with Gasteiger partial charge in [0.05, 0.1) is 13.2 Å². The van der Waals surface area contributed by atoms with Crippen LogP contribution in [-0.2, 0) is 4.79 Å². The van der Waals surface area contributed by atoms with Crippen molar-refractivity contribution in [2.45, 2.75) is 6.04 Å². The van der Waals surface area contributed by atoms with Crippen LogP contribution in [0, 0.1) is 22.7 Å². The monoisotopic (exact) mass is 416 g/mol. The molecule has 0 spiro atoms. The largest absolute Gasteiger partial charge is 0.497 e. The Balaban J connectivity index is 1.53. The zero-order valence-corrected chi connectivity index (χ0v) is 17.4. The van der Waals surface area contributed by atoms with Crippen molar-refractivity contribution >= 4 is 12.0 Å². The molecule has 1 unspecified atom stereocenters. The number of rotatable bonds is 7. The average molecular weight is 416 g/mol. The molecular formula is C24H24N4O3. The van der Waals surface area contributed by atoms with Gasteiger partial charge in [0.2, 0.25) is 5.91 Å². The van der Waals surface area contributed by atoms with Gasteiger partial charge in [-0.2, -0.15) is 10.5 Å². The average Bonchev–Trinajstić information content (AvgIpc) is 2.83. The van der Waals surface area contributed by atoms with Gasteiger partial charge in [0.1, 0.15) is 23.6 Å². The summed E-state index contributed by atoms with van der Waals surface area (Å²) in [6, 6.07) is 18.7. The molecule has 7 heteroatoms. The van der Waals surface area contributed by atoms with Gasteiger partial charge in [-0.05, 0) is 41.5 Å². The van der Waals surface area contributed by atoms with Crippen molar-refractivity contribution in [3.8, 4) is 23.6 Å². The fraction of sp³-hybridized carbons (Fsp3) is 0.292. The van der Waals surface area contributed by atoms with Gasteiger partial charge in [0.25, 0.3) is 0 Å². The van der Waals surface area contributed by atoms with Gasteiger partial charge in [-0.3, -0.25) is 9.69 Å². The van der Waals surface area contributed by atoms with E-state index in [2.05, 4.69) is 11.0 Å². The molecule has 2 aromatic rings. The Kier molecular flexibility index (Phi) is 7.64. The summed E-state index contributed by atoms with van der Waals surface area (Å²) in [4.78, 5) is 16.4. The summed E-state index contributed by atoms with van der Waals surface area (Å²) in [6.07, 6.45) is 3.32. The highest BCUT2D eigenvalue weighted by Crippen LogP contribution is 2.24. The third-order valence-corrected chi connectivity index (χ3v) is 5.15. The number of ether oxygens (including phenoxy) is 2. The number of carbonyl (C=O) groups excluding carboxylic acids is 1. The third kappa shape index (κ3) is 5.85. The van der Waals surface area contributed by atoms with Gasteiger partial charge in [-0.25, -0.2) is 0 Å². The van der Waals surface area contributed by atoms with Crippen LogP contribution in [-0.4, -0.2) is 55.6 Å². The quantitative estimate of drug-likeness (QED) is 0.645. The van der Waals surface area contributed by atoms with Crippen LogP contribution in [0.25, 0.3) is 6.08 Å². The highest BCUT2D eigenvalue weighted by Gasteiger charge is 2.26. The lowest BCUT2D eigenvalue weighted by molar-refractivity contribution is -0.127. The van der Waals surface area contributed by atoms with Gasteiger partial charge < -0.3 is 14.4 Å². The molecule has 3 rings (SSSR count). The van der Waals surface area contributed by atoms with Gasteiger partial charge >= 0.3 is 0 Å². The van der Waals surface area contributed by atoms with Crippen LogP contribution in [0.3, 0.4) is 0 Å². The summed E-state index contributed by atoms with van der Waals surface area (Å²) in [5.41, 5.74) is 1.80.